The number of hydrogen-bond acceptors (Lipinski definition) is 6. The van der Waals surface area contributed by atoms with Gasteiger partial charge in [0.25, 0.3) is 0 Å². The second-order valence-corrected chi connectivity index (χ2v) is 5.35. The molecular formula is C12H14F3NO4S. The summed E-state index contributed by atoms with van der Waals surface area (Å²) in [6, 6.07) is 3.01. The van der Waals surface area contributed by atoms with Gasteiger partial charge in [0.1, 0.15) is 11.9 Å². The second kappa shape index (κ2) is 7.01. The first-order valence-corrected chi connectivity index (χ1v) is 6.73. The van der Waals surface area contributed by atoms with Crippen LogP contribution in [0.15, 0.2) is 18.2 Å². The summed E-state index contributed by atoms with van der Waals surface area (Å²) in [6.45, 7) is 1.31. The van der Waals surface area contributed by atoms with Crippen molar-refractivity contribution in [1.82, 2.24) is 0 Å². The summed E-state index contributed by atoms with van der Waals surface area (Å²) in [5, 5.41) is 19.4. The van der Waals surface area contributed by atoms with Crippen molar-refractivity contribution in [1.29, 1.82) is 0 Å². The van der Waals surface area contributed by atoms with E-state index in [4.69, 9.17) is 5.73 Å². The second-order valence-electron chi connectivity index (χ2n) is 4.15. The molecule has 21 heavy (non-hydrogen) atoms. The molecule has 0 radical (unpaired) electrons. The summed E-state index contributed by atoms with van der Waals surface area (Å²) < 4.78 is 39.8. The number of hydrogen-bond donors (Lipinski definition) is 3. The summed E-state index contributed by atoms with van der Waals surface area (Å²) in [4.78, 5) is 10.8. The SMILES string of the molecule is CC(=O)SCC(O)C(O)c1ccc(OC(F)(F)F)cc1N. The van der Waals surface area contributed by atoms with E-state index in [2.05, 4.69) is 4.74 Å². The lowest BCUT2D eigenvalue weighted by atomic mass is 10.0. The van der Waals surface area contributed by atoms with E-state index in [1.807, 2.05) is 0 Å². The molecule has 1 aromatic carbocycles. The zero-order valence-corrected chi connectivity index (χ0v) is 11.7. The summed E-state index contributed by atoms with van der Waals surface area (Å²) in [7, 11) is 0. The van der Waals surface area contributed by atoms with Gasteiger partial charge in [-0.15, -0.1) is 13.2 Å². The van der Waals surface area contributed by atoms with Gasteiger partial charge < -0.3 is 20.7 Å². The van der Waals surface area contributed by atoms with Crippen LogP contribution in [0.4, 0.5) is 18.9 Å². The molecule has 0 fully saturated rings. The largest absolute Gasteiger partial charge is 0.573 e. The van der Waals surface area contributed by atoms with Gasteiger partial charge in [0.15, 0.2) is 5.12 Å². The maximum Gasteiger partial charge on any atom is 0.573 e. The lowest BCUT2D eigenvalue weighted by Crippen LogP contribution is -2.22. The standard InChI is InChI=1S/C12H14F3NO4S/c1-6(17)21-5-10(18)11(19)8-3-2-7(4-9(8)16)20-12(13,14)15/h2-4,10-11,18-19H,5,16H2,1H3. The minimum atomic E-state index is -4.84. The third-order valence-corrected chi connectivity index (χ3v) is 3.35. The van der Waals surface area contributed by atoms with E-state index in [1.54, 1.807) is 0 Å². The molecule has 9 heteroatoms. The Morgan fingerprint density at radius 3 is 2.52 bits per heavy atom. The molecule has 1 aromatic rings. The Morgan fingerprint density at radius 2 is 2.05 bits per heavy atom. The molecule has 0 saturated heterocycles. The van der Waals surface area contributed by atoms with Crippen molar-refractivity contribution < 1.29 is 32.9 Å². The zero-order chi connectivity index (χ0) is 16.2. The highest BCUT2D eigenvalue weighted by Gasteiger charge is 2.31. The van der Waals surface area contributed by atoms with Crippen LogP contribution in [-0.4, -0.2) is 33.5 Å². The number of rotatable bonds is 5. The molecule has 1 rings (SSSR count). The Morgan fingerprint density at radius 1 is 1.43 bits per heavy atom. The van der Waals surface area contributed by atoms with Crippen LogP contribution in [0.5, 0.6) is 5.75 Å². The van der Waals surface area contributed by atoms with Gasteiger partial charge in [-0.25, -0.2) is 0 Å². The third-order valence-electron chi connectivity index (χ3n) is 2.43. The number of anilines is 1. The van der Waals surface area contributed by atoms with Crippen LogP contribution in [0.25, 0.3) is 0 Å². The predicted molar refractivity (Wildman–Crippen MR) is 71.6 cm³/mol. The van der Waals surface area contributed by atoms with Crippen LogP contribution in [0.3, 0.4) is 0 Å². The number of aliphatic hydroxyl groups excluding tert-OH is 2. The first-order valence-electron chi connectivity index (χ1n) is 5.75. The first-order chi connectivity index (χ1) is 9.60. The lowest BCUT2D eigenvalue weighted by molar-refractivity contribution is -0.274. The van der Waals surface area contributed by atoms with Crippen molar-refractivity contribution in [2.45, 2.75) is 25.5 Å². The Bertz CT molecular complexity index is 510. The van der Waals surface area contributed by atoms with Gasteiger partial charge in [-0.2, -0.15) is 0 Å². The van der Waals surface area contributed by atoms with Crippen molar-refractivity contribution in [2.24, 2.45) is 0 Å². The molecule has 0 amide bonds. The molecule has 0 spiro atoms. The van der Waals surface area contributed by atoms with Gasteiger partial charge in [0, 0.05) is 30.0 Å². The average molecular weight is 325 g/mol. The molecule has 5 nitrogen and oxygen atoms in total. The van der Waals surface area contributed by atoms with Crippen molar-refractivity contribution in [2.75, 3.05) is 11.5 Å². The molecule has 0 bridgehead atoms. The zero-order valence-electron chi connectivity index (χ0n) is 10.9. The monoisotopic (exact) mass is 325 g/mol. The van der Waals surface area contributed by atoms with E-state index in [1.165, 1.54) is 6.92 Å². The summed E-state index contributed by atoms with van der Waals surface area (Å²) in [5.74, 6) is -0.583. The highest BCUT2D eigenvalue weighted by Crippen LogP contribution is 2.30. The Labute approximate surface area is 122 Å². The van der Waals surface area contributed by atoms with Gasteiger partial charge in [-0.05, 0) is 6.07 Å². The number of aliphatic hydroxyl groups is 2. The topological polar surface area (TPSA) is 92.8 Å². The predicted octanol–water partition coefficient (Wildman–Crippen LogP) is 1.84. The minimum Gasteiger partial charge on any atom is -0.406 e. The Kier molecular flexibility index (Phi) is 5.87. The molecule has 0 aliphatic rings. The molecular weight excluding hydrogens is 311 g/mol. The third kappa shape index (κ3) is 5.82. The fraction of sp³-hybridized carbons (Fsp3) is 0.417. The molecule has 0 heterocycles. The maximum atomic E-state index is 12.0. The van der Waals surface area contributed by atoms with Gasteiger partial charge in [0.05, 0.1) is 6.10 Å². The molecule has 2 atom stereocenters. The Balaban J connectivity index is 2.81. The molecule has 2 unspecified atom stereocenters. The molecule has 0 saturated carbocycles. The van der Waals surface area contributed by atoms with E-state index in [0.29, 0.717) is 0 Å². The minimum absolute atomic E-state index is 0.0566. The van der Waals surface area contributed by atoms with Crippen molar-refractivity contribution in [3.05, 3.63) is 23.8 Å². The fourth-order valence-corrected chi connectivity index (χ4v) is 2.11. The smallest absolute Gasteiger partial charge is 0.406 e. The molecule has 118 valence electrons. The van der Waals surface area contributed by atoms with Crippen LogP contribution in [0.2, 0.25) is 0 Å². The Hall–Kier alpha value is -1.45. The van der Waals surface area contributed by atoms with Crippen LogP contribution >= 0.6 is 11.8 Å². The highest BCUT2D eigenvalue weighted by atomic mass is 32.2. The quantitative estimate of drug-likeness (QED) is 0.716. The van der Waals surface area contributed by atoms with Crippen molar-refractivity contribution >= 4 is 22.6 Å². The van der Waals surface area contributed by atoms with Crippen LogP contribution in [0.1, 0.15) is 18.6 Å². The van der Waals surface area contributed by atoms with E-state index in [-0.39, 0.29) is 22.1 Å². The molecule has 0 aliphatic heterocycles. The number of benzene rings is 1. The maximum absolute atomic E-state index is 12.0. The van der Waals surface area contributed by atoms with E-state index in [9.17, 15) is 28.2 Å². The first kappa shape index (κ1) is 17.6. The lowest BCUT2D eigenvalue weighted by Gasteiger charge is -2.19. The summed E-state index contributed by atoms with van der Waals surface area (Å²) in [5.41, 5.74) is 5.44. The van der Waals surface area contributed by atoms with Gasteiger partial charge in [-0.1, -0.05) is 17.8 Å². The number of carbonyl (C=O) groups is 1. The molecule has 4 N–H and O–H groups in total. The average Bonchev–Trinajstić information content (AvgIpc) is 2.33. The van der Waals surface area contributed by atoms with E-state index < -0.39 is 24.3 Å². The number of halogens is 3. The molecule has 0 aliphatic carbocycles. The summed E-state index contributed by atoms with van der Waals surface area (Å²) in [6.07, 6.45) is -7.54. The number of thioether (sulfide) groups is 1. The van der Waals surface area contributed by atoms with Crippen molar-refractivity contribution in [3.8, 4) is 5.75 Å². The fourth-order valence-electron chi connectivity index (χ4n) is 1.52. The molecule has 0 aromatic heterocycles. The highest BCUT2D eigenvalue weighted by molar-refractivity contribution is 8.13. The number of nitrogens with two attached hydrogens (primary N) is 1. The number of ether oxygens (including phenoxy) is 1. The van der Waals surface area contributed by atoms with Gasteiger partial charge in [0.2, 0.25) is 0 Å². The van der Waals surface area contributed by atoms with Gasteiger partial charge in [-0.3, -0.25) is 4.79 Å². The van der Waals surface area contributed by atoms with E-state index >= 15 is 0 Å². The van der Waals surface area contributed by atoms with E-state index in [0.717, 1.165) is 30.0 Å². The normalized spacial score (nSPS) is 14.6. The number of nitrogen functional groups attached to an aromatic ring is 1. The van der Waals surface area contributed by atoms with Crippen molar-refractivity contribution in [3.63, 3.8) is 0 Å². The van der Waals surface area contributed by atoms with Crippen LogP contribution in [-0.2, 0) is 4.79 Å². The summed E-state index contributed by atoms with van der Waals surface area (Å²) >= 11 is 0.816. The van der Waals surface area contributed by atoms with Gasteiger partial charge >= 0.3 is 6.36 Å². The van der Waals surface area contributed by atoms with Crippen LogP contribution in [0, 0.1) is 0 Å². The van der Waals surface area contributed by atoms with Crippen LogP contribution < -0.4 is 10.5 Å². The number of carbonyl (C=O) groups excluding carboxylic acids is 1. The number of alkyl halides is 3.